The zero-order valence-corrected chi connectivity index (χ0v) is 33.1. The Labute approximate surface area is 307 Å². The van der Waals surface area contributed by atoms with Crippen LogP contribution in [0.2, 0.25) is 0 Å². The highest BCUT2D eigenvalue weighted by Crippen LogP contribution is 2.21. The number of esters is 3. The van der Waals surface area contributed by atoms with Gasteiger partial charge >= 0.3 is 17.9 Å². The van der Waals surface area contributed by atoms with E-state index in [1.807, 2.05) is 0 Å². The molecule has 0 radical (unpaired) electrons. The van der Waals surface area contributed by atoms with Gasteiger partial charge in [0, 0.05) is 6.42 Å². The van der Waals surface area contributed by atoms with Crippen molar-refractivity contribution in [1.29, 1.82) is 0 Å². The molecule has 8 nitrogen and oxygen atoms in total. The van der Waals surface area contributed by atoms with Gasteiger partial charge in [0.2, 0.25) is 5.91 Å². The van der Waals surface area contributed by atoms with Crippen molar-refractivity contribution in [2.75, 3.05) is 26.4 Å². The number of carbonyl (C=O) groups is 4. The molecule has 50 heavy (non-hydrogen) atoms. The van der Waals surface area contributed by atoms with Crippen molar-refractivity contribution >= 4 is 23.8 Å². The number of carbonyl (C=O) groups excluding carboxylic acids is 4. The number of hydrogen-bond donors (Lipinski definition) is 1. The highest BCUT2D eigenvalue weighted by Gasteiger charge is 2.20. The molecular weight excluding hydrogens is 630 g/mol. The summed E-state index contributed by atoms with van der Waals surface area (Å²) in [7, 11) is 0. The molecule has 294 valence electrons. The summed E-state index contributed by atoms with van der Waals surface area (Å²) in [5.41, 5.74) is 0. The van der Waals surface area contributed by atoms with Crippen LogP contribution in [0.15, 0.2) is 0 Å². The van der Waals surface area contributed by atoms with Gasteiger partial charge in [-0.3, -0.25) is 19.2 Å². The van der Waals surface area contributed by atoms with Crippen molar-refractivity contribution in [2.45, 2.75) is 207 Å². The third-order valence-corrected chi connectivity index (χ3v) is 9.56. The van der Waals surface area contributed by atoms with E-state index in [1.54, 1.807) is 0 Å². The Morgan fingerprint density at radius 3 is 1.26 bits per heavy atom. The monoisotopic (exact) mass is 710 g/mol. The molecule has 0 rings (SSSR count). The van der Waals surface area contributed by atoms with Crippen molar-refractivity contribution in [2.24, 2.45) is 11.8 Å². The fourth-order valence-corrected chi connectivity index (χ4v) is 6.24. The van der Waals surface area contributed by atoms with Gasteiger partial charge in [0.1, 0.15) is 6.54 Å². The molecule has 0 saturated heterocycles. The quantitative estimate of drug-likeness (QED) is 0.0388. The number of ether oxygens (including phenoxy) is 3. The first-order valence-electron chi connectivity index (χ1n) is 21.1. The summed E-state index contributed by atoms with van der Waals surface area (Å²) in [5, 5.41) is 2.60. The smallest absolute Gasteiger partial charge is 0.325 e. The average Bonchev–Trinajstić information content (AvgIpc) is 3.11. The van der Waals surface area contributed by atoms with Crippen LogP contribution in [0.3, 0.4) is 0 Å². The first-order chi connectivity index (χ1) is 24.4. The Hall–Kier alpha value is -2.12. The van der Waals surface area contributed by atoms with Crippen LogP contribution in [-0.2, 0) is 33.4 Å². The predicted octanol–water partition coefficient (Wildman–Crippen LogP) is 11.0. The molecule has 0 aliphatic heterocycles. The van der Waals surface area contributed by atoms with E-state index in [-0.39, 0.29) is 49.3 Å². The maximum atomic E-state index is 12.8. The maximum Gasteiger partial charge on any atom is 0.325 e. The average molecular weight is 710 g/mol. The fourth-order valence-electron chi connectivity index (χ4n) is 6.24. The summed E-state index contributed by atoms with van der Waals surface area (Å²) in [6.45, 7) is 9.68. The van der Waals surface area contributed by atoms with E-state index in [1.165, 1.54) is 64.2 Å². The van der Waals surface area contributed by atoms with Crippen molar-refractivity contribution in [3.63, 3.8) is 0 Å². The highest BCUT2D eigenvalue weighted by molar-refractivity contribution is 5.81. The van der Waals surface area contributed by atoms with E-state index < -0.39 is 5.97 Å². The first kappa shape index (κ1) is 47.9. The van der Waals surface area contributed by atoms with E-state index >= 15 is 0 Å². The van der Waals surface area contributed by atoms with Crippen LogP contribution in [0.4, 0.5) is 0 Å². The Kier molecular flexibility index (Phi) is 35.1. The second kappa shape index (κ2) is 36.7. The second-order valence-corrected chi connectivity index (χ2v) is 14.3. The number of rotatable bonds is 37. The fraction of sp³-hybridized carbons (Fsp3) is 0.905. The molecule has 0 aliphatic rings. The van der Waals surface area contributed by atoms with E-state index in [0.29, 0.717) is 19.6 Å². The molecule has 0 aliphatic carbocycles. The lowest BCUT2D eigenvalue weighted by molar-refractivity contribution is -0.150. The van der Waals surface area contributed by atoms with Gasteiger partial charge in [0.15, 0.2) is 0 Å². The lowest BCUT2D eigenvalue weighted by Gasteiger charge is -2.16. The van der Waals surface area contributed by atoms with Crippen LogP contribution < -0.4 is 5.32 Å². The number of nitrogens with one attached hydrogen (secondary N) is 1. The Morgan fingerprint density at radius 1 is 0.420 bits per heavy atom. The summed E-state index contributed by atoms with van der Waals surface area (Å²) in [6.07, 6.45) is 29.0. The second-order valence-electron chi connectivity index (χ2n) is 14.3. The molecule has 2 atom stereocenters. The highest BCUT2D eigenvalue weighted by atomic mass is 16.5. The van der Waals surface area contributed by atoms with Crippen LogP contribution in [0.1, 0.15) is 207 Å². The molecule has 0 saturated carbocycles. The minimum Gasteiger partial charge on any atom is -0.465 e. The molecular formula is C42H79NO7. The van der Waals surface area contributed by atoms with Crippen LogP contribution in [0.25, 0.3) is 0 Å². The molecule has 0 fully saturated rings. The Morgan fingerprint density at radius 2 is 0.780 bits per heavy atom. The minimum absolute atomic E-state index is 0.00762. The van der Waals surface area contributed by atoms with Crippen molar-refractivity contribution in [1.82, 2.24) is 5.32 Å². The van der Waals surface area contributed by atoms with Crippen molar-refractivity contribution in [3.8, 4) is 0 Å². The predicted molar refractivity (Wildman–Crippen MR) is 205 cm³/mol. The molecule has 2 unspecified atom stereocenters. The van der Waals surface area contributed by atoms with Gasteiger partial charge in [-0.05, 0) is 44.9 Å². The van der Waals surface area contributed by atoms with Gasteiger partial charge in [-0.2, -0.15) is 0 Å². The molecule has 0 spiro atoms. The van der Waals surface area contributed by atoms with E-state index in [4.69, 9.17) is 14.2 Å². The normalized spacial score (nSPS) is 12.3. The van der Waals surface area contributed by atoms with Gasteiger partial charge in [0.05, 0.1) is 31.7 Å². The Bertz CT molecular complexity index is 818. The topological polar surface area (TPSA) is 108 Å². The van der Waals surface area contributed by atoms with Gasteiger partial charge in [0.25, 0.3) is 0 Å². The number of hydrogen-bond acceptors (Lipinski definition) is 7. The molecule has 0 heterocycles. The van der Waals surface area contributed by atoms with Gasteiger partial charge in [-0.15, -0.1) is 0 Å². The minimum atomic E-state index is -0.436. The van der Waals surface area contributed by atoms with E-state index in [0.717, 1.165) is 103 Å². The van der Waals surface area contributed by atoms with E-state index in [9.17, 15) is 19.2 Å². The zero-order chi connectivity index (χ0) is 36.9. The summed E-state index contributed by atoms with van der Waals surface area (Å²) < 4.78 is 16.4. The molecule has 1 amide bonds. The first-order valence-corrected chi connectivity index (χ1v) is 21.1. The van der Waals surface area contributed by atoms with Crippen LogP contribution in [0, 0.1) is 11.8 Å². The molecule has 0 aromatic rings. The summed E-state index contributed by atoms with van der Waals surface area (Å²) in [4.78, 5) is 49.5. The third-order valence-electron chi connectivity index (χ3n) is 9.56. The van der Waals surface area contributed by atoms with Crippen LogP contribution in [0.5, 0.6) is 0 Å². The van der Waals surface area contributed by atoms with Crippen molar-refractivity contribution in [3.05, 3.63) is 0 Å². The summed E-state index contributed by atoms with van der Waals surface area (Å²) in [5.74, 6) is -0.805. The molecule has 0 aromatic carbocycles. The van der Waals surface area contributed by atoms with Gasteiger partial charge in [-0.1, -0.05) is 156 Å². The summed E-state index contributed by atoms with van der Waals surface area (Å²) >= 11 is 0. The molecule has 1 N–H and O–H groups in total. The lowest BCUT2D eigenvalue weighted by atomic mass is 9.94. The third kappa shape index (κ3) is 30.7. The number of amides is 1. The summed E-state index contributed by atoms with van der Waals surface area (Å²) in [6, 6.07) is 0. The van der Waals surface area contributed by atoms with Crippen LogP contribution >= 0.6 is 0 Å². The van der Waals surface area contributed by atoms with Gasteiger partial charge in [-0.25, -0.2) is 0 Å². The Balaban J connectivity index is 3.92. The van der Waals surface area contributed by atoms with Crippen LogP contribution in [-0.4, -0.2) is 50.2 Å². The van der Waals surface area contributed by atoms with Gasteiger partial charge < -0.3 is 19.5 Å². The van der Waals surface area contributed by atoms with Crippen molar-refractivity contribution < 1.29 is 33.4 Å². The SMILES string of the molecule is CCCCCCCCC(CCCCCC)C(=O)OCCCCCCCCOC(=O)CNC(=O)CCCOC(=O)C(CCCC)CCCCCC. The largest absolute Gasteiger partial charge is 0.465 e. The maximum absolute atomic E-state index is 12.8. The lowest BCUT2D eigenvalue weighted by Crippen LogP contribution is -2.30. The molecule has 0 bridgehead atoms. The molecule has 0 aromatic heterocycles. The number of unbranched alkanes of at least 4 members (excludes halogenated alkanes) is 17. The zero-order valence-electron chi connectivity index (χ0n) is 33.1. The standard InChI is InChI=1S/C42H79NO7/c1-5-9-13-16-19-24-31-38(30-23-15-11-7-3)42(47)49-34-26-21-18-17-20-25-33-48-40(45)36-43-39(44)32-27-35-50-41(46)37(28-12-8-4)29-22-14-10-6-2/h37-38H,5-36H2,1-4H3,(H,43,44). The van der Waals surface area contributed by atoms with E-state index in [2.05, 4.69) is 33.0 Å². The molecule has 8 heteroatoms.